The Morgan fingerprint density at radius 3 is 2.63 bits per heavy atom. The fourth-order valence-corrected chi connectivity index (χ4v) is 4.90. The molecule has 0 radical (unpaired) electrons. The highest BCUT2D eigenvalue weighted by Gasteiger charge is 2.30. The number of methoxy groups -OCH3 is 1. The summed E-state index contributed by atoms with van der Waals surface area (Å²) in [6.45, 7) is 5.62. The highest BCUT2D eigenvalue weighted by molar-refractivity contribution is 6.08. The standard InChI is InChI=1S/C27H33N7O4/c1-27(2,3)38-26(36)32(4)18-8-10-19(11-9-18)33-16-17-13-20(22(37-5)14-21(17)31-33)25(35)30-24-15-28-23-7-6-12-29-34(23)24/h6-7,12-16,18-19H,8-11H2,1-5H3,(H,30,35)/t18-,19+. The van der Waals surface area contributed by atoms with Crippen molar-refractivity contribution in [2.75, 3.05) is 19.5 Å². The van der Waals surface area contributed by atoms with E-state index in [9.17, 15) is 9.59 Å². The first-order valence-electron chi connectivity index (χ1n) is 12.8. The second-order valence-electron chi connectivity index (χ2n) is 10.7. The monoisotopic (exact) mass is 519 g/mol. The van der Waals surface area contributed by atoms with Gasteiger partial charge in [-0.25, -0.2) is 9.78 Å². The molecule has 3 heterocycles. The molecular formula is C27H33N7O4. The first-order chi connectivity index (χ1) is 18.1. The molecular weight excluding hydrogens is 486 g/mol. The fourth-order valence-electron chi connectivity index (χ4n) is 4.90. The molecule has 0 saturated heterocycles. The van der Waals surface area contributed by atoms with Crippen LogP contribution >= 0.6 is 0 Å². The van der Waals surface area contributed by atoms with Crippen molar-refractivity contribution in [3.05, 3.63) is 48.4 Å². The van der Waals surface area contributed by atoms with Gasteiger partial charge in [-0.3, -0.25) is 9.48 Å². The van der Waals surface area contributed by atoms with Crippen LogP contribution in [0.4, 0.5) is 10.6 Å². The van der Waals surface area contributed by atoms with Gasteiger partial charge in [-0.1, -0.05) is 0 Å². The highest BCUT2D eigenvalue weighted by Crippen LogP contribution is 2.33. The van der Waals surface area contributed by atoms with Crippen molar-refractivity contribution in [3.8, 4) is 5.75 Å². The maximum Gasteiger partial charge on any atom is 0.410 e. The summed E-state index contributed by atoms with van der Waals surface area (Å²) in [5.74, 6) is 0.580. The van der Waals surface area contributed by atoms with Crippen molar-refractivity contribution < 1.29 is 19.1 Å². The third-order valence-electron chi connectivity index (χ3n) is 6.88. The highest BCUT2D eigenvalue weighted by atomic mass is 16.6. The Morgan fingerprint density at radius 2 is 1.92 bits per heavy atom. The van der Waals surface area contributed by atoms with E-state index in [1.165, 1.54) is 7.11 Å². The topological polar surface area (TPSA) is 116 Å². The lowest BCUT2D eigenvalue weighted by atomic mass is 9.90. The number of imidazole rings is 1. The van der Waals surface area contributed by atoms with Crippen LogP contribution in [-0.2, 0) is 4.74 Å². The molecule has 0 atom stereocenters. The van der Waals surface area contributed by atoms with Crippen LogP contribution in [0.25, 0.3) is 16.6 Å². The lowest BCUT2D eigenvalue weighted by Crippen LogP contribution is -2.42. The van der Waals surface area contributed by atoms with Crippen LogP contribution in [-0.4, -0.2) is 67.1 Å². The number of aromatic nitrogens is 5. The molecule has 0 spiro atoms. The molecule has 1 aliphatic rings. The number of fused-ring (bicyclic) bond motifs is 2. The predicted molar refractivity (Wildman–Crippen MR) is 143 cm³/mol. The number of carbonyl (C=O) groups excluding carboxylic acids is 2. The van der Waals surface area contributed by atoms with Crippen LogP contribution in [0.2, 0.25) is 0 Å². The summed E-state index contributed by atoms with van der Waals surface area (Å²) in [4.78, 5) is 31.7. The number of anilines is 1. The number of nitrogens with zero attached hydrogens (tertiary/aromatic N) is 6. The summed E-state index contributed by atoms with van der Waals surface area (Å²) in [7, 11) is 3.34. The molecule has 38 heavy (non-hydrogen) atoms. The molecule has 200 valence electrons. The lowest BCUT2D eigenvalue weighted by Gasteiger charge is -2.35. The first kappa shape index (κ1) is 25.5. The first-order valence-corrected chi connectivity index (χ1v) is 12.8. The van der Waals surface area contributed by atoms with E-state index in [0.29, 0.717) is 22.8 Å². The van der Waals surface area contributed by atoms with Crippen LogP contribution in [0.1, 0.15) is 62.9 Å². The van der Waals surface area contributed by atoms with Gasteiger partial charge in [-0.15, -0.1) is 0 Å². The largest absolute Gasteiger partial charge is 0.496 e. The van der Waals surface area contributed by atoms with E-state index in [4.69, 9.17) is 14.6 Å². The molecule has 4 aromatic rings. The predicted octanol–water partition coefficient (Wildman–Crippen LogP) is 4.69. The van der Waals surface area contributed by atoms with Crippen molar-refractivity contribution >= 4 is 34.4 Å². The number of ether oxygens (including phenoxy) is 2. The van der Waals surface area contributed by atoms with Crippen LogP contribution in [0.3, 0.4) is 0 Å². The summed E-state index contributed by atoms with van der Waals surface area (Å²) in [5.41, 5.74) is 1.27. The zero-order valence-electron chi connectivity index (χ0n) is 22.3. The van der Waals surface area contributed by atoms with E-state index in [2.05, 4.69) is 15.4 Å². The molecule has 1 N–H and O–H groups in total. The maximum atomic E-state index is 13.2. The van der Waals surface area contributed by atoms with Crippen LogP contribution in [0.15, 0.2) is 42.9 Å². The number of carbonyl (C=O) groups is 2. The lowest BCUT2D eigenvalue weighted by molar-refractivity contribution is 0.0173. The van der Waals surface area contributed by atoms with E-state index >= 15 is 0 Å². The molecule has 0 bridgehead atoms. The number of hydrogen-bond donors (Lipinski definition) is 1. The molecule has 0 unspecified atom stereocenters. The number of nitrogens with one attached hydrogen (secondary N) is 1. The molecule has 0 aliphatic heterocycles. The molecule has 11 nitrogen and oxygen atoms in total. The Bertz CT molecular complexity index is 1480. The Morgan fingerprint density at radius 1 is 1.16 bits per heavy atom. The van der Waals surface area contributed by atoms with E-state index < -0.39 is 5.60 Å². The van der Waals surface area contributed by atoms with Gasteiger partial charge in [0.2, 0.25) is 0 Å². The summed E-state index contributed by atoms with van der Waals surface area (Å²) in [6.07, 6.45) is 8.39. The fraction of sp³-hybridized carbons (Fsp3) is 0.444. The quantitative estimate of drug-likeness (QED) is 0.407. The molecule has 1 aliphatic carbocycles. The van der Waals surface area contributed by atoms with Gasteiger partial charge >= 0.3 is 6.09 Å². The minimum atomic E-state index is -0.516. The van der Waals surface area contributed by atoms with Gasteiger partial charge in [0.25, 0.3) is 5.91 Å². The second-order valence-corrected chi connectivity index (χ2v) is 10.7. The van der Waals surface area contributed by atoms with Gasteiger partial charge in [-0.2, -0.15) is 14.7 Å². The Labute approximate surface area is 220 Å². The zero-order valence-corrected chi connectivity index (χ0v) is 22.3. The van der Waals surface area contributed by atoms with Gasteiger partial charge in [0.1, 0.15) is 11.4 Å². The van der Waals surface area contributed by atoms with Crippen LogP contribution in [0, 0.1) is 0 Å². The van der Waals surface area contributed by atoms with E-state index in [1.54, 1.807) is 40.0 Å². The molecule has 1 aromatic carbocycles. The van der Waals surface area contributed by atoms with Gasteiger partial charge < -0.3 is 19.7 Å². The summed E-state index contributed by atoms with van der Waals surface area (Å²) < 4.78 is 14.6. The van der Waals surface area contributed by atoms with Crippen molar-refractivity contribution in [2.45, 2.75) is 64.1 Å². The number of hydrogen-bond acceptors (Lipinski definition) is 7. The third kappa shape index (κ3) is 5.13. The maximum absolute atomic E-state index is 13.2. The Kier molecular flexibility index (Phi) is 6.68. The van der Waals surface area contributed by atoms with Crippen molar-refractivity contribution in [1.29, 1.82) is 0 Å². The molecule has 11 heteroatoms. The number of rotatable bonds is 5. The van der Waals surface area contributed by atoms with Crippen molar-refractivity contribution in [3.63, 3.8) is 0 Å². The van der Waals surface area contributed by atoms with Gasteiger partial charge in [-0.05, 0) is 64.7 Å². The molecule has 5 rings (SSSR count). The van der Waals surface area contributed by atoms with Gasteiger partial charge in [0.15, 0.2) is 11.5 Å². The average Bonchev–Trinajstić information content (AvgIpc) is 3.50. The summed E-state index contributed by atoms with van der Waals surface area (Å²) in [5, 5.41) is 12.8. The number of amides is 2. The minimum absolute atomic E-state index is 0.135. The van der Waals surface area contributed by atoms with E-state index in [1.807, 2.05) is 44.8 Å². The van der Waals surface area contributed by atoms with E-state index in [0.717, 1.165) is 36.6 Å². The molecule has 1 fully saturated rings. The molecule has 3 aromatic heterocycles. The Balaban J connectivity index is 1.30. The SMILES string of the molecule is COc1cc2nn([C@H]3CC[C@@H](N(C)C(=O)OC(C)(C)C)CC3)cc2cc1C(=O)Nc1cnc2cccnn12. The summed E-state index contributed by atoms with van der Waals surface area (Å²) >= 11 is 0. The van der Waals surface area contributed by atoms with E-state index in [-0.39, 0.29) is 24.1 Å². The third-order valence-corrected chi connectivity index (χ3v) is 6.88. The summed E-state index contributed by atoms with van der Waals surface area (Å²) in [6, 6.07) is 7.52. The minimum Gasteiger partial charge on any atom is -0.496 e. The molecule has 1 saturated carbocycles. The Hall–Kier alpha value is -4.15. The second kappa shape index (κ2) is 9.96. The normalized spacial score (nSPS) is 17.9. The number of benzene rings is 1. The van der Waals surface area contributed by atoms with Crippen molar-refractivity contribution in [1.82, 2.24) is 29.3 Å². The molecule has 2 amide bonds. The van der Waals surface area contributed by atoms with Gasteiger partial charge in [0, 0.05) is 36.9 Å². The van der Waals surface area contributed by atoms with Crippen LogP contribution in [0.5, 0.6) is 5.75 Å². The average molecular weight is 520 g/mol. The van der Waals surface area contributed by atoms with Gasteiger partial charge in [0.05, 0.1) is 30.4 Å². The zero-order chi connectivity index (χ0) is 27.0. The van der Waals surface area contributed by atoms with Crippen LogP contribution < -0.4 is 10.1 Å². The van der Waals surface area contributed by atoms with Crippen molar-refractivity contribution in [2.24, 2.45) is 0 Å². The smallest absolute Gasteiger partial charge is 0.410 e.